The highest BCUT2D eigenvalue weighted by Crippen LogP contribution is 2.13. The molecule has 0 bridgehead atoms. The molecule has 0 aliphatic heterocycles. The number of pyridine rings is 1. The molecule has 1 aromatic carbocycles. The molecular weight excluding hydrogens is 322 g/mol. The van der Waals surface area contributed by atoms with Gasteiger partial charge in [-0.25, -0.2) is 4.39 Å². The summed E-state index contributed by atoms with van der Waals surface area (Å²) in [5.74, 6) is -0.315. The molecule has 3 nitrogen and oxygen atoms in total. The van der Waals surface area contributed by atoms with E-state index in [1.165, 1.54) is 16.7 Å². The molecule has 0 saturated heterocycles. The third-order valence-corrected chi connectivity index (χ3v) is 3.18. The Kier molecular flexibility index (Phi) is 4.93. The van der Waals surface area contributed by atoms with Gasteiger partial charge in [0.2, 0.25) is 0 Å². The Hall–Kier alpha value is -1.33. The van der Waals surface area contributed by atoms with Gasteiger partial charge in [-0.1, -0.05) is 12.1 Å². The van der Waals surface area contributed by atoms with Crippen LogP contribution in [-0.2, 0) is 6.54 Å². The van der Waals surface area contributed by atoms with Crippen LogP contribution < -0.4 is 11.3 Å². The van der Waals surface area contributed by atoms with E-state index >= 15 is 0 Å². The van der Waals surface area contributed by atoms with Crippen LogP contribution in [0.1, 0.15) is 5.56 Å². The Morgan fingerprint density at radius 2 is 2.06 bits per heavy atom. The average Bonchev–Trinajstić information content (AvgIpc) is 2.30. The van der Waals surface area contributed by atoms with Crippen molar-refractivity contribution < 1.29 is 4.39 Å². The van der Waals surface area contributed by atoms with E-state index in [9.17, 15) is 9.18 Å². The van der Waals surface area contributed by atoms with Gasteiger partial charge in [0.05, 0.1) is 12.2 Å². The fourth-order valence-corrected chi connectivity index (χ4v) is 1.88. The zero-order chi connectivity index (χ0) is 12.4. The highest BCUT2D eigenvalue weighted by atomic mass is 79.9. The van der Waals surface area contributed by atoms with E-state index in [4.69, 9.17) is 5.73 Å². The maximum Gasteiger partial charge on any atom is 0.267 e. The van der Waals surface area contributed by atoms with Crippen molar-refractivity contribution in [3.8, 4) is 0 Å². The highest BCUT2D eigenvalue weighted by Gasteiger charge is 2.05. The van der Waals surface area contributed by atoms with Crippen LogP contribution in [0.4, 0.5) is 10.1 Å². The van der Waals surface area contributed by atoms with E-state index < -0.39 is 0 Å². The maximum atomic E-state index is 13.0. The van der Waals surface area contributed by atoms with Crippen molar-refractivity contribution >= 4 is 34.0 Å². The van der Waals surface area contributed by atoms with E-state index in [0.29, 0.717) is 16.7 Å². The third-order valence-electron chi connectivity index (χ3n) is 2.38. The Balaban J connectivity index is 0.00000162. The van der Waals surface area contributed by atoms with Crippen LogP contribution in [-0.4, -0.2) is 4.57 Å². The highest BCUT2D eigenvalue weighted by molar-refractivity contribution is 9.10. The summed E-state index contributed by atoms with van der Waals surface area (Å²) in [6, 6.07) is 7.77. The maximum absolute atomic E-state index is 13.0. The van der Waals surface area contributed by atoms with Crippen molar-refractivity contribution in [2.24, 2.45) is 0 Å². The summed E-state index contributed by atoms with van der Waals surface area (Å²) in [6.07, 6.45) is 1.59. The van der Waals surface area contributed by atoms with Crippen LogP contribution in [0.5, 0.6) is 0 Å². The van der Waals surface area contributed by atoms with Crippen LogP contribution >= 0.6 is 28.3 Å². The first-order valence-electron chi connectivity index (χ1n) is 4.97. The van der Waals surface area contributed by atoms with Crippen molar-refractivity contribution in [2.45, 2.75) is 6.54 Å². The lowest BCUT2D eigenvalue weighted by molar-refractivity contribution is 0.622. The quantitative estimate of drug-likeness (QED) is 0.918. The molecule has 18 heavy (non-hydrogen) atoms. The average molecular weight is 334 g/mol. The summed E-state index contributed by atoms with van der Waals surface area (Å²) in [6.45, 7) is 0.315. The number of hydrogen-bond acceptors (Lipinski definition) is 2. The lowest BCUT2D eigenvalue weighted by atomic mass is 10.2. The molecule has 0 fully saturated rings. The Morgan fingerprint density at radius 1 is 1.33 bits per heavy atom. The first kappa shape index (κ1) is 14.7. The zero-order valence-electron chi connectivity index (χ0n) is 9.27. The van der Waals surface area contributed by atoms with E-state index in [-0.39, 0.29) is 23.8 Å². The van der Waals surface area contributed by atoms with Gasteiger partial charge >= 0.3 is 0 Å². The number of aromatic nitrogens is 1. The SMILES string of the molecule is Cl.Nc1ccn(Cc2cccc(F)c2)c(=O)c1Br. The molecule has 0 amide bonds. The number of nitrogens with zero attached hydrogens (tertiary/aromatic N) is 1. The van der Waals surface area contributed by atoms with Gasteiger partial charge in [0.25, 0.3) is 5.56 Å². The lowest BCUT2D eigenvalue weighted by Crippen LogP contribution is -2.21. The molecule has 0 aliphatic carbocycles. The predicted octanol–water partition coefficient (Wildman–Crippen LogP) is 2.80. The van der Waals surface area contributed by atoms with Crippen LogP contribution in [0, 0.1) is 5.82 Å². The second kappa shape index (κ2) is 6.02. The summed E-state index contributed by atoms with van der Waals surface area (Å²) in [5.41, 5.74) is 6.48. The van der Waals surface area contributed by atoms with Crippen molar-refractivity contribution in [3.63, 3.8) is 0 Å². The normalized spacial score (nSPS) is 9.89. The predicted molar refractivity (Wildman–Crippen MR) is 75.6 cm³/mol. The van der Waals surface area contributed by atoms with E-state index in [1.807, 2.05) is 0 Å². The minimum atomic E-state index is -0.315. The first-order chi connectivity index (χ1) is 8.08. The molecule has 0 atom stereocenters. The Labute approximate surface area is 118 Å². The number of nitrogen functional groups attached to an aromatic ring is 1. The van der Waals surface area contributed by atoms with E-state index in [0.717, 1.165) is 5.56 Å². The van der Waals surface area contributed by atoms with Crippen LogP contribution in [0.3, 0.4) is 0 Å². The molecule has 0 spiro atoms. The summed E-state index contributed by atoms with van der Waals surface area (Å²) < 4.78 is 14.8. The number of halogens is 3. The zero-order valence-corrected chi connectivity index (χ0v) is 11.7. The minimum absolute atomic E-state index is 0. The molecule has 0 saturated carbocycles. The van der Waals surface area contributed by atoms with Gasteiger partial charge in [-0.2, -0.15) is 0 Å². The first-order valence-corrected chi connectivity index (χ1v) is 5.76. The van der Waals surface area contributed by atoms with E-state index in [2.05, 4.69) is 15.9 Å². The van der Waals surface area contributed by atoms with Gasteiger partial charge < -0.3 is 10.3 Å². The lowest BCUT2D eigenvalue weighted by Gasteiger charge is -2.07. The molecule has 0 aliphatic rings. The van der Waals surface area contributed by atoms with E-state index in [1.54, 1.807) is 24.4 Å². The monoisotopic (exact) mass is 332 g/mol. The second-order valence-electron chi connectivity index (χ2n) is 3.65. The summed E-state index contributed by atoms with van der Waals surface area (Å²) >= 11 is 3.13. The van der Waals surface area contributed by atoms with Crippen LogP contribution in [0.2, 0.25) is 0 Å². The van der Waals surface area contributed by atoms with Gasteiger partial charge in [-0.15, -0.1) is 12.4 Å². The van der Waals surface area contributed by atoms with Gasteiger partial charge in [-0.05, 0) is 39.7 Å². The molecule has 1 heterocycles. The number of hydrogen-bond donors (Lipinski definition) is 1. The van der Waals surface area contributed by atoms with Crippen molar-refractivity contribution in [2.75, 3.05) is 5.73 Å². The molecule has 1 aromatic heterocycles. The van der Waals surface area contributed by atoms with Gasteiger partial charge in [0.1, 0.15) is 10.3 Å². The van der Waals surface area contributed by atoms with Crippen LogP contribution in [0.15, 0.2) is 45.8 Å². The molecule has 0 radical (unpaired) electrons. The molecule has 2 aromatic rings. The van der Waals surface area contributed by atoms with Crippen LogP contribution in [0.25, 0.3) is 0 Å². The molecule has 2 rings (SSSR count). The standard InChI is InChI=1S/C12H10BrFN2O.ClH/c13-11-10(15)4-5-16(12(11)17)7-8-2-1-3-9(14)6-8;/h1-6H,7,15H2;1H. The van der Waals surface area contributed by atoms with Gasteiger partial charge in [-0.3, -0.25) is 4.79 Å². The van der Waals surface area contributed by atoms with Crippen molar-refractivity contribution in [1.29, 1.82) is 0 Å². The van der Waals surface area contributed by atoms with Crippen molar-refractivity contribution in [1.82, 2.24) is 4.57 Å². The van der Waals surface area contributed by atoms with Gasteiger partial charge in [0.15, 0.2) is 0 Å². The van der Waals surface area contributed by atoms with Gasteiger partial charge in [0, 0.05) is 6.20 Å². The molecule has 0 unspecified atom stereocenters. The smallest absolute Gasteiger partial charge is 0.267 e. The molecule has 6 heteroatoms. The summed E-state index contributed by atoms with van der Waals surface area (Å²) in [4.78, 5) is 11.8. The largest absolute Gasteiger partial charge is 0.398 e. The number of rotatable bonds is 2. The third kappa shape index (κ3) is 3.11. The van der Waals surface area contributed by atoms with Crippen molar-refractivity contribution in [3.05, 3.63) is 62.7 Å². The summed E-state index contributed by atoms with van der Waals surface area (Å²) in [5, 5.41) is 0. The number of benzene rings is 1. The fraction of sp³-hybridized carbons (Fsp3) is 0.0833. The molecule has 2 N–H and O–H groups in total. The number of nitrogens with two attached hydrogens (primary N) is 1. The fourth-order valence-electron chi connectivity index (χ4n) is 1.52. The minimum Gasteiger partial charge on any atom is -0.398 e. The number of anilines is 1. The summed E-state index contributed by atoms with van der Waals surface area (Å²) in [7, 11) is 0. The molecular formula is C12H11BrClFN2O. The topological polar surface area (TPSA) is 48.0 Å². The molecule has 96 valence electrons. The second-order valence-corrected chi connectivity index (χ2v) is 4.44. The Morgan fingerprint density at radius 3 is 2.72 bits per heavy atom. The Bertz CT molecular complexity index is 615.